The lowest BCUT2D eigenvalue weighted by molar-refractivity contribution is -0.147. The second-order valence-electron chi connectivity index (χ2n) is 6.20. The summed E-state index contributed by atoms with van der Waals surface area (Å²) in [6, 6.07) is 5.41. The predicted octanol–water partition coefficient (Wildman–Crippen LogP) is 2.22. The lowest BCUT2D eigenvalue weighted by Crippen LogP contribution is -2.47. The van der Waals surface area contributed by atoms with Crippen molar-refractivity contribution in [3.63, 3.8) is 0 Å². The first-order valence-electron chi connectivity index (χ1n) is 8.23. The van der Waals surface area contributed by atoms with Crippen LogP contribution < -0.4 is 10.1 Å². The summed E-state index contributed by atoms with van der Waals surface area (Å²) in [6.45, 7) is 5.27. The molecule has 24 heavy (non-hydrogen) atoms. The monoisotopic (exact) mass is 334 g/mol. The highest BCUT2D eigenvalue weighted by Gasteiger charge is 2.30. The summed E-state index contributed by atoms with van der Waals surface area (Å²) < 4.78 is 10.1. The van der Waals surface area contributed by atoms with Crippen LogP contribution in [0.2, 0.25) is 0 Å². The molecule has 1 saturated heterocycles. The standard InChI is InChI=1S/C18H26N2O4/c1-12-5-6-16(23-3)15(11-12)19-17(21)13(2)20-9-7-14(8-10-20)18(22)24-4/h5-6,11,13-14H,7-10H2,1-4H3,(H,19,21). The highest BCUT2D eigenvalue weighted by Crippen LogP contribution is 2.26. The number of piperidine rings is 1. The number of esters is 1. The average Bonchev–Trinajstić information content (AvgIpc) is 2.60. The molecular formula is C18H26N2O4. The van der Waals surface area contributed by atoms with E-state index in [1.165, 1.54) is 7.11 Å². The molecule has 1 unspecified atom stereocenters. The predicted molar refractivity (Wildman–Crippen MR) is 92.1 cm³/mol. The van der Waals surface area contributed by atoms with Gasteiger partial charge in [0.1, 0.15) is 5.75 Å². The molecule has 0 aliphatic carbocycles. The van der Waals surface area contributed by atoms with E-state index in [4.69, 9.17) is 9.47 Å². The molecule has 1 aliphatic heterocycles. The third kappa shape index (κ3) is 4.26. The Labute approximate surface area is 143 Å². The first-order chi connectivity index (χ1) is 11.5. The van der Waals surface area contributed by atoms with Gasteiger partial charge in [-0.15, -0.1) is 0 Å². The normalized spacial score (nSPS) is 17.2. The van der Waals surface area contributed by atoms with Crippen molar-refractivity contribution in [2.75, 3.05) is 32.6 Å². The van der Waals surface area contributed by atoms with Crippen LogP contribution in [0.1, 0.15) is 25.3 Å². The molecule has 6 heteroatoms. The zero-order valence-corrected chi connectivity index (χ0v) is 14.8. The Hall–Kier alpha value is -2.08. The molecule has 1 aliphatic rings. The van der Waals surface area contributed by atoms with Crippen LogP contribution in [0.3, 0.4) is 0 Å². The SMILES string of the molecule is COC(=O)C1CCN(C(C)C(=O)Nc2cc(C)ccc2OC)CC1. The number of ether oxygens (including phenoxy) is 2. The van der Waals surface area contributed by atoms with Crippen LogP contribution in [0.25, 0.3) is 0 Å². The van der Waals surface area contributed by atoms with Crippen molar-refractivity contribution in [1.82, 2.24) is 4.90 Å². The molecule has 132 valence electrons. The minimum Gasteiger partial charge on any atom is -0.495 e. The van der Waals surface area contributed by atoms with E-state index in [0.29, 0.717) is 24.5 Å². The number of rotatable bonds is 5. The van der Waals surface area contributed by atoms with Crippen LogP contribution in [-0.2, 0) is 14.3 Å². The number of likely N-dealkylation sites (tertiary alicyclic amines) is 1. The van der Waals surface area contributed by atoms with E-state index in [-0.39, 0.29) is 23.8 Å². The lowest BCUT2D eigenvalue weighted by Gasteiger charge is -2.34. The number of hydrogen-bond donors (Lipinski definition) is 1. The van der Waals surface area contributed by atoms with Crippen molar-refractivity contribution in [2.45, 2.75) is 32.7 Å². The second-order valence-corrected chi connectivity index (χ2v) is 6.20. The van der Waals surface area contributed by atoms with Gasteiger partial charge in [-0.25, -0.2) is 0 Å². The number of nitrogens with zero attached hydrogens (tertiary/aromatic N) is 1. The topological polar surface area (TPSA) is 67.9 Å². The summed E-state index contributed by atoms with van der Waals surface area (Å²) in [5, 5.41) is 2.95. The Balaban J connectivity index is 1.96. The zero-order chi connectivity index (χ0) is 17.7. The smallest absolute Gasteiger partial charge is 0.308 e. The fraction of sp³-hybridized carbons (Fsp3) is 0.556. The number of carbonyl (C=O) groups excluding carboxylic acids is 2. The van der Waals surface area contributed by atoms with Gasteiger partial charge in [-0.3, -0.25) is 14.5 Å². The van der Waals surface area contributed by atoms with E-state index < -0.39 is 0 Å². The molecule has 1 fully saturated rings. The highest BCUT2D eigenvalue weighted by atomic mass is 16.5. The van der Waals surface area contributed by atoms with Gasteiger partial charge >= 0.3 is 5.97 Å². The van der Waals surface area contributed by atoms with Gasteiger partial charge in [0.15, 0.2) is 0 Å². The van der Waals surface area contributed by atoms with Gasteiger partial charge in [0.25, 0.3) is 0 Å². The first kappa shape index (κ1) is 18.3. The van der Waals surface area contributed by atoms with E-state index >= 15 is 0 Å². The van der Waals surface area contributed by atoms with Crippen molar-refractivity contribution in [3.8, 4) is 5.75 Å². The summed E-state index contributed by atoms with van der Waals surface area (Å²) in [4.78, 5) is 26.2. The summed E-state index contributed by atoms with van der Waals surface area (Å²) >= 11 is 0. The minimum atomic E-state index is -0.270. The number of amides is 1. The summed E-state index contributed by atoms with van der Waals surface area (Å²) in [5.74, 6) is 0.357. The maximum absolute atomic E-state index is 12.6. The summed E-state index contributed by atoms with van der Waals surface area (Å²) in [6.07, 6.45) is 1.44. The molecule has 6 nitrogen and oxygen atoms in total. The molecule has 2 rings (SSSR count). The third-order valence-corrected chi connectivity index (χ3v) is 4.60. The Bertz CT molecular complexity index is 595. The van der Waals surface area contributed by atoms with Crippen LogP contribution in [0.5, 0.6) is 5.75 Å². The summed E-state index contributed by atoms with van der Waals surface area (Å²) in [7, 11) is 3.00. The third-order valence-electron chi connectivity index (χ3n) is 4.60. The van der Waals surface area contributed by atoms with Crippen molar-refractivity contribution < 1.29 is 19.1 Å². The summed E-state index contributed by atoms with van der Waals surface area (Å²) in [5.41, 5.74) is 1.73. The molecule has 0 saturated carbocycles. The molecule has 0 radical (unpaired) electrons. The maximum atomic E-state index is 12.6. The Morgan fingerprint density at radius 1 is 1.25 bits per heavy atom. The number of hydrogen-bond acceptors (Lipinski definition) is 5. The van der Waals surface area contributed by atoms with Crippen molar-refractivity contribution >= 4 is 17.6 Å². The van der Waals surface area contributed by atoms with Crippen molar-refractivity contribution in [2.24, 2.45) is 5.92 Å². The van der Waals surface area contributed by atoms with Crippen LogP contribution in [-0.4, -0.2) is 50.1 Å². The van der Waals surface area contributed by atoms with Crippen LogP contribution in [0.4, 0.5) is 5.69 Å². The molecule has 1 aromatic carbocycles. The fourth-order valence-corrected chi connectivity index (χ4v) is 3.01. The minimum absolute atomic E-state index is 0.0571. The van der Waals surface area contributed by atoms with Crippen LogP contribution in [0.15, 0.2) is 18.2 Å². The van der Waals surface area contributed by atoms with Gasteiger partial charge in [-0.2, -0.15) is 0 Å². The quantitative estimate of drug-likeness (QED) is 0.836. The van der Waals surface area contributed by atoms with Crippen LogP contribution >= 0.6 is 0 Å². The lowest BCUT2D eigenvalue weighted by atomic mass is 9.96. The van der Waals surface area contributed by atoms with Gasteiger partial charge in [0.2, 0.25) is 5.91 Å². The number of aryl methyl sites for hydroxylation is 1. The van der Waals surface area contributed by atoms with Crippen molar-refractivity contribution in [3.05, 3.63) is 23.8 Å². The molecule has 1 heterocycles. The fourth-order valence-electron chi connectivity index (χ4n) is 3.01. The first-order valence-corrected chi connectivity index (χ1v) is 8.23. The average molecular weight is 334 g/mol. The zero-order valence-electron chi connectivity index (χ0n) is 14.8. The Morgan fingerprint density at radius 3 is 2.50 bits per heavy atom. The number of anilines is 1. The van der Waals surface area contributed by atoms with E-state index in [1.54, 1.807) is 7.11 Å². The number of nitrogens with one attached hydrogen (secondary N) is 1. The van der Waals surface area contributed by atoms with Gasteiger partial charge in [0, 0.05) is 0 Å². The number of carbonyl (C=O) groups is 2. The van der Waals surface area contributed by atoms with Gasteiger partial charge in [-0.05, 0) is 57.5 Å². The van der Waals surface area contributed by atoms with E-state index in [1.807, 2.05) is 32.0 Å². The van der Waals surface area contributed by atoms with Gasteiger partial charge < -0.3 is 14.8 Å². The largest absolute Gasteiger partial charge is 0.495 e. The number of benzene rings is 1. The van der Waals surface area contributed by atoms with E-state index in [0.717, 1.165) is 18.4 Å². The van der Waals surface area contributed by atoms with E-state index in [9.17, 15) is 9.59 Å². The molecule has 1 N–H and O–H groups in total. The highest BCUT2D eigenvalue weighted by molar-refractivity contribution is 5.96. The molecule has 0 aromatic heterocycles. The molecule has 0 bridgehead atoms. The van der Waals surface area contributed by atoms with Gasteiger partial charge in [-0.1, -0.05) is 6.07 Å². The Morgan fingerprint density at radius 2 is 1.92 bits per heavy atom. The van der Waals surface area contributed by atoms with Crippen LogP contribution in [0, 0.1) is 12.8 Å². The van der Waals surface area contributed by atoms with Gasteiger partial charge in [0.05, 0.1) is 31.9 Å². The maximum Gasteiger partial charge on any atom is 0.308 e. The van der Waals surface area contributed by atoms with E-state index in [2.05, 4.69) is 10.2 Å². The molecule has 1 aromatic rings. The molecule has 1 atom stereocenters. The van der Waals surface area contributed by atoms with Crippen molar-refractivity contribution in [1.29, 1.82) is 0 Å². The molecule has 0 spiro atoms. The molecular weight excluding hydrogens is 308 g/mol. The number of methoxy groups -OCH3 is 2. The Kier molecular flexibility index (Phi) is 6.20. The molecule has 1 amide bonds. The second kappa shape index (κ2) is 8.15.